The van der Waals surface area contributed by atoms with Gasteiger partial charge in [0.1, 0.15) is 0 Å². The first-order valence-electron chi connectivity index (χ1n) is 7.20. The van der Waals surface area contributed by atoms with Crippen LogP contribution >= 0.6 is 0 Å². The molecule has 4 nitrogen and oxygen atoms in total. The number of carbonyl (C=O) groups excluding carboxylic acids is 1. The molecule has 0 heterocycles. The second kappa shape index (κ2) is 6.25. The Bertz CT molecular complexity index is 418. The molecule has 0 aromatic carbocycles. The summed E-state index contributed by atoms with van der Waals surface area (Å²) in [5.74, 6) is 1.82. The van der Waals surface area contributed by atoms with Gasteiger partial charge in [0.25, 0.3) is 0 Å². The summed E-state index contributed by atoms with van der Waals surface area (Å²) in [6.45, 7) is 8.13. The van der Waals surface area contributed by atoms with Crippen LogP contribution in [0.5, 0.6) is 0 Å². The molecule has 1 aliphatic rings. The van der Waals surface area contributed by atoms with Crippen molar-refractivity contribution in [1.82, 2.24) is 4.31 Å². The Hall–Kier alpha value is -0.580. The van der Waals surface area contributed by atoms with E-state index in [9.17, 15) is 13.2 Å². The van der Waals surface area contributed by atoms with Crippen LogP contribution in [0.1, 0.15) is 47.0 Å². The number of hydrogen-bond acceptors (Lipinski definition) is 3. The van der Waals surface area contributed by atoms with Gasteiger partial charge in [-0.05, 0) is 37.0 Å². The summed E-state index contributed by atoms with van der Waals surface area (Å²) in [6, 6.07) is 0. The molecule has 1 unspecified atom stereocenters. The van der Waals surface area contributed by atoms with Crippen molar-refractivity contribution >= 4 is 15.9 Å². The number of carbonyl (C=O) groups is 1. The van der Waals surface area contributed by atoms with Crippen molar-refractivity contribution in [2.45, 2.75) is 47.0 Å². The number of sulfonamides is 1. The van der Waals surface area contributed by atoms with E-state index in [1.54, 1.807) is 6.92 Å². The highest BCUT2D eigenvalue weighted by Gasteiger charge is 2.35. The van der Waals surface area contributed by atoms with Gasteiger partial charge < -0.3 is 0 Å². The van der Waals surface area contributed by atoms with Gasteiger partial charge in [0.15, 0.2) is 0 Å². The highest BCUT2D eigenvalue weighted by atomic mass is 32.2. The summed E-state index contributed by atoms with van der Waals surface area (Å²) in [4.78, 5) is 12.1. The molecule has 0 aromatic rings. The molecule has 4 atom stereocenters. The molecule has 1 rings (SSSR count). The van der Waals surface area contributed by atoms with E-state index in [-0.39, 0.29) is 17.6 Å². The van der Waals surface area contributed by atoms with Gasteiger partial charge in [-0.15, -0.1) is 0 Å². The summed E-state index contributed by atoms with van der Waals surface area (Å²) in [5.41, 5.74) is 0. The fourth-order valence-electron chi connectivity index (χ4n) is 3.11. The topological polar surface area (TPSA) is 54.5 Å². The first-order chi connectivity index (χ1) is 8.70. The molecule has 0 aliphatic heterocycles. The van der Waals surface area contributed by atoms with Crippen molar-refractivity contribution in [2.24, 2.45) is 23.7 Å². The Balaban J connectivity index is 2.62. The van der Waals surface area contributed by atoms with E-state index >= 15 is 0 Å². The normalized spacial score (nSPS) is 29.2. The van der Waals surface area contributed by atoms with Crippen molar-refractivity contribution in [1.29, 1.82) is 0 Å². The minimum absolute atomic E-state index is 0.0273. The largest absolute Gasteiger partial charge is 0.274 e. The molecular formula is C14H27NO3S. The van der Waals surface area contributed by atoms with Crippen molar-refractivity contribution in [2.75, 3.05) is 12.8 Å². The zero-order chi connectivity index (χ0) is 14.8. The third-order valence-electron chi connectivity index (χ3n) is 4.89. The first-order valence-corrected chi connectivity index (χ1v) is 8.81. The van der Waals surface area contributed by atoms with Crippen LogP contribution in [0.4, 0.5) is 0 Å². The first kappa shape index (κ1) is 16.5. The fourth-order valence-corrected chi connectivity index (χ4v) is 3.88. The Kier molecular flexibility index (Phi) is 5.42. The van der Waals surface area contributed by atoms with E-state index in [1.165, 1.54) is 13.5 Å². The maximum atomic E-state index is 12.1. The molecule has 0 radical (unpaired) electrons. The summed E-state index contributed by atoms with van der Waals surface area (Å²) < 4.78 is 24.3. The van der Waals surface area contributed by atoms with Crippen molar-refractivity contribution in [3.63, 3.8) is 0 Å². The Morgan fingerprint density at radius 2 is 1.89 bits per heavy atom. The van der Waals surface area contributed by atoms with Crippen LogP contribution in [0.2, 0.25) is 0 Å². The molecule has 1 aliphatic carbocycles. The van der Waals surface area contributed by atoms with E-state index < -0.39 is 10.0 Å². The average molecular weight is 289 g/mol. The average Bonchev–Trinajstić information content (AvgIpc) is 2.68. The standard InChI is InChI=1S/C14H27NO3S/c1-6-19(17,18)15(5)14(16)9-11(3)13-8-7-10(2)12(13)4/h10-13H,6-9H2,1-5H3/t10-,11?,12-,13-/m1/s1. The minimum Gasteiger partial charge on any atom is -0.274 e. The lowest BCUT2D eigenvalue weighted by Gasteiger charge is -2.26. The zero-order valence-corrected chi connectivity index (χ0v) is 13.5. The molecular weight excluding hydrogens is 262 g/mol. The molecule has 0 spiro atoms. The van der Waals surface area contributed by atoms with E-state index in [1.807, 2.05) is 0 Å². The SMILES string of the molecule is CCS(=O)(=O)N(C)C(=O)CC(C)[C@H]1CC[C@@H](C)[C@H]1C. The second-order valence-corrected chi connectivity index (χ2v) is 8.31. The van der Waals surface area contributed by atoms with Crippen LogP contribution in [0.3, 0.4) is 0 Å². The van der Waals surface area contributed by atoms with Gasteiger partial charge in [0.05, 0.1) is 5.75 Å². The Morgan fingerprint density at radius 1 is 1.32 bits per heavy atom. The highest BCUT2D eigenvalue weighted by Crippen LogP contribution is 2.41. The molecule has 0 N–H and O–H groups in total. The maximum Gasteiger partial charge on any atom is 0.236 e. The molecule has 1 amide bonds. The molecule has 0 saturated heterocycles. The Morgan fingerprint density at radius 3 is 2.32 bits per heavy atom. The number of nitrogens with zero attached hydrogens (tertiary/aromatic N) is 1. The minimum atomic E-state index is -3.41. The second-order valence-electron chi connectivity index (χ2n) is 6.02. The van der Waals surface area contributed by atoms with Crippen LogP contribution < -0.4 is 0 Å². The number of rotatable bonds is 5. The highest BCUT2D eigenvalue weighted by molar-refractivity contribution is 7.89. The van der Waals surface area contributed by atoms with Gasteiger partial charge in [-0.2, -0.15) is 0 Å². The summed E-state index contributed by atoms with van der Waals surface area (Å²) in [7, 11) is -2.04. The smallest absolute Gasteiger partial charge is 0.236 e. The fraction of sp³-hybridized carbons (Fsp3) is 0.929. The van der Waals surface area contributed by atoms with E-state index in [2.05, 4.69) is 20.8 Å². The molecule has 0 bridgehead atoms. The van der Waals surface area contributed by atoms with Gasteiger partial charge in [0, 0.05) is 13.5 Å². The van der Waals surface area contributed by atoms with E-state index in [0.29, 0.717) is 24.2 Å². The number of amides is 1. The summed E-state index contributed by atoms with van der Waals surface area (Å²) in [5, 5.41) is 0. The van der Waals surface area contributed by atoms with Gasteiger partial charge >= 0.3 is 0 Å². The Labute approximate surface area is 117 Å². The predicted molar refractivity (Wildman–Crippen MR) is 77.1 cm³/mol. The van der Waals surface area contributed by atoms with Crippen LogP contribution in [-0.4, -0.2) is 31.4 Å². The van der Waals surface area contributed by atoms with Crippen LogP contribution in [-0.2, 0) is 14.8 Å². The molecule has 0 aromatic heterocycles. The van der Waals surface area contributed by atoms with Crippen LogP contribution in [0, 0.1) is 23.7 Å². The van der Waals surface area contributed by atoms with Gasteiger partial charge in [0.2, 0.25) is 15.9 Å². The van der Waals surface area contributed by atoms with Gasteiger partial charge in [-0.1, -0.05) is 27.2 Å². The molecule has 19 heavy (non-hydrogen) atoms. The van der Waals surface area contributed by atoms with E-state index in [4.69, 9.17) is 0 Å². The van der Waals surface area contributed by atoms with Crippen LogP contribution in [0.15, 0.2) is 0 Å². The monoisotopic (exact) mass is 289 g/mol. The zero-order valence-electron chi connectivity index (χ0n) is 12.7. The van der Waals surface area contributed by atoms with Crippen molar-refractivity contribution in [3.05, 3.63) is 0 Å². The van der Waals surface area contributed by atoms with Crippen molar-refractivity contribution in [3.8, 4) is 0 Å². The summed E-state index contributed by atoms with van der Waals surface area (Å²) >= 11 is 0. The molecule has 112 valence electrons. The quantitative estimate of drug-likeness (QED) is 0.781. The molecule has 5 heteroatoms. The predicted octanol–water partition coefficient (Wildman–Crippen LogP) is 2.50. The van der Waals surface area contributed by atoms with Crippen LogP contribution in [0.25, 0.3) is 0 Å². The maximum absolute atomic E-state index is 12.1. The summed E-state index contributed by atoms with van der Waals surface area (Å²) in [6.07, 6.45) is 2.70. The van der Waals surface area contributed by atoms with Gasteiger partial charge in [-0.25, -0.2) is 12.7 Å². The lowest BCUT2D eigenvalue weighted by atomic mass is 9.82. The third kappa shape index (κ3) is 3.71. The van der Waals surface area contributed by atoms with Crippen molar-refractivity contribution < 1.29 is 13.2 Å². The third-order valence-corrected chi connectivity index (χ3v) is 6.66. The van der Waals surface area contributed by atoms with E-state index in [0.717, 1.165) is 10.7 Å². The molecule has 1 fully saturated rings. The van der Waals surface area contributed by atoms with Gasteiger partial charge in [-0.3, -0.25) is 4.79 Å². The lowest BCUT2D eigenvalue weighted by molar-refractivity contribution is -0.127. The lowest BCUT2D eigenvalue weighted by Crippen LogP contribution is -2.36. The molecule has 1 saturated carbocycles. The number of hydrogen-bond donors (Lipinski definition) is 0.